The maximum Gasteiger partial charge on any atom is 0.303 e. The first-order valence-corrected chi connectivity index (χ1v) is 14.8. The first-order chi connectivity index (χ1) is 20.3. The monoisotopic (exact) mass is 589 g/mol. The molecule has 2 aromatic carbocycles. The molecular weight excluding hydrogens is 550 g/mol. The second-order valence-corrected chi connectivity index (χ2v) is 10.2. The van der Waals surface area contributed by atoms with Crippen molar-refractivity contribution in [3.05, 3.63) is 89.5 Å². The Labute approximate surface area is 253 Å². The molecule has 0 spiro atoms. The third-order valence-electron chi connectivity index (χ3n) is 6.71. The summed E-state index contributed by atoms with van der Waals surface area (Å²) in [4.78, 5) is 27.9. The van der Waals surface area contributed by atoms with Crippen molar-refractivity contribution in [3.63, 3.8) is 0 Å². The van der Waals surface area contributed by atoms with Gasteiger partial charge in [0, 0.05) is 25.0 Å². The summed E-state index contributed by atoms with van der Waals surface area (Å²) in [7, 11) is 0. The third kappa shape index (κ3) is 10.4. The number of halogens is 1. The lowest BCUT2D eigenvalue weighted by molar-refractivity contribution is -0.137. The van der Waals surface area contributed by atoms with Crippen molar-refractivity contribution >= 4 is 41.2 Å². The van der Waals surface area contributed by atoms with E-state index in [0.717, 1.165) is 40.8 Å². The lowest BCUT2D eigenvalue weighted by Gasteiger charge is -2.07. The number of alkyl halides is 1. The Hall–Kier alpha value is -4.10. The molecule has 3 aromatic rings. The summed E-state index contributed by atoms with van der Waals surface area (Å²) in [6.07, 6.45) is 12.3. The highest BCUT2D eigenvalue weighted by Crippen LogP contribution is 2.25. The van der Waals surface area contributed by atoms with Crippen LogP contribution in [0.3, 0.4) is 0 Å². The molecule has 0 aliphatic rings. The fourth-order valence-electron chi connectivity index (χ4n) is 4.35. The number of imidazole rings is 1. The molecule has 1 aromatic heterocycles. The standard InChI is InChI=1S/C34H40ClN3O4/c1-4-27(12-8-25(3)20-21-35)31-23-38(24-33(39)36-5-2)32(37-31)19-11-26-9-13-28(14-10-26)29-15-17-30(18-16-29)42-22-6-7-34(40)41/h4,9-11,13-20,23H,5-8,12,21-22,24H2,1-3H3,(H,36,39)(H,40,41)/b19-11+,25-20-,27-4+. The molecule has 0 aliphatic heterocycles. The van der Waals surface area contributed by atoms with E-state index in [1.165, 1.54) is 5.57 Å². The second-order valence-electron chi connectivity index (χ2n) is 9.91. The van der Waals surface area contributed by atoms with Crippen LogP contribution in [-0.2, 0) is 16.1 Å². The van der Waals surface area contributed by atoms with E-state index in [-0.39, 0.29) is 18.9 Å². The van der Waals surface area contributed by atoms with Crippen LogP contribution in [0.1, 0.15) is 63.5 Å². The highest BCUT2D eigenvalue weighted by atomic mass is 35.5. The summed E-state index contributed by atoms with van der Waals surface area (Å²) in [5.74, 6) is 1.06. The van der Waals surface area contributed by atoms with Gasteiger partial charge in [0.2, 0.25) is 5.91 Å². The molecule has 0 saturated carbocycles. The number of aromatic nitrogens is 2. The molecule has 42 heavy (non-hydrogen) atoms. The van der Waals surface area contributed by atoms with Crippen molar-refractivity contribution in [1.82, 2.24) is 14.9 Å². The number of carboxylic acids is 1. The first-order valence-electron chi connectivity index (χ1n) is 14.3. The molecule has 3 rings (SSSR count). The molecule has 0 unspecified atom stereocenters. The highest BCUT2D eigenvalue weighted by Gasteiger charge is 2.12. The van der Waals surface area contributed by atoms with Gasteiger partial charge in [-0.25, -0.2) is 4.98 Å². The van der Waals surface area contributed by atoms with Gasteiger partial charge in [-0.3, -0.25) is 9.59 Å². The number of rotatable bonds is 16. The number of carboxylic acid groups (broad SMARTS) is 1. The Bertz CT molecular complexity index is 1400. The van der Waals surface area contributed by atoms with Gasteiger partial charge < -0.3 is 19.7 Å². The normalized spacial score (nSPS) is 12.1. The van der Waals surface area contributed by atoms with Crippen molar-refractivity contribution in [2.45, 2.75) is 53.0 Å². The predicted octanol–water partition coefficient (Wildman–Crippen LogP) is 7.47. The third-order valence-corrected chi connectivity index (χ3v) is 6.87. The number of nitrogens with zero attached hydrogens (tertiary/aromatic N) is 2. The van der Waals surface area contributed by atoms with E-state index in [0.29, 0.717) is 37.0 Å². The Kier molecular flexibility index (Phi) is 13.1. The zero-order valence-electron chi connectivity index (χ0n) is 24.6. The van der Waals surface area contributed by atoms with Crippen molar-refractivity contribution in [1.29, 1.82) is 0 Å². The molecule has 222 valence electrons. The van der Waals surface area contributed by atoms with Crippen LogP contribution in [0.4, 0.5) is 0 Å². The molecule has 0 bridgehead atoms. The fourth-order valence-corrected chi connectivity index (χ4v) is 4.62. The van der Waals surface area contributed by atoms with Crippen molar-refractivity contribution in [2.24, 2.45) is 0 Å². The Morgan fingerprint density at radius 2 is 1.71 bits per heavy atom. The van der Waals surface area contributed by atoms with Crippen LogP contribution in [0.5, 0.6) is 5.75 Å². The number of ether oxygens (including phenoxy) is 1. The number of nitrogens with one attached hydrogen (secondary N) is 1. The lowest BCUT2D eigenvalue weighted by Crippen LogP contribution is -2.27. The van der Waals surface area contributed by atoms with Gasteiger partial charge in [0.25, 0.3) is 0 Å². The average molecular weight is 590 g/mol. The largest absolute Gasteiger partial charge is 0.494 e. The van der Waals surface area contributed by atoms with Gasteiger partial charge in [0.05, 0.1) is 12.3 Å². The van der Waals surface area contributed by atoms with Crippen LogP contribution in [-0.4, -0.2) is 45.6 Å². The lowest BCUT2D eigenvalue weighted by atomic mass is 10.0. The second kappa shape index (κ2) is 17.0. The number of hydrogen-bond donors (Lipinski definition) is 2. The van der Waals surface area contributed by atoms with Crippen molar-refractivity contribution < 1.29 is 19.4 Å². The SMILES string of the molecule is C/C=C(\CC/C(C)=C\CCl)c1cn(CC(=O)NCC)c(/C=C/c2ccc(-c3ccc(OCCCC(=O)O)cc3)cc2)n1. The fraction of sp³-hybridized carbons (Fsp3) is 0.324. The molecule has 0 fully saturated rings. The molecule has 0 radical (unpaired) electrons. The predicted molar refractivity (Wildman–Crippen MR) is 171 cm³/mol. The maximum atomic E-state index is 12.4. The molecule has 0 saturated heterocycles. The molecule has 0 aliphatic carbocycles. The minimum absolute atomic E-state index is 0.0555. The number of aliphatic carboxylic acids is 1. The summed E-state index contributed by atoms with van der Waals surface area (Å²) in [5, 5.41) is 11.6. The summed E-state index contributed by atoms with van der Waals surface area (Å²) in [5.41, 5.74) is 6.38. The Balaban J connectivity index is 1.73. The quantitative estimate of drug-likeness (QED) is 0.103. The van der Waals surface area contributed by atoms with Gasteiger partial charge in [0.15, 0.2) is 0 Å². The number of allylic oxidation sites excluding steroid dienone is 4. The smallest absolute Gasteiger partial charge is 0.303 e. The number of carbonyl (C=O) groups excluding carboxylic acids is 1. The molecule has 1 amide bonds. The topological polar surface area (TPSA) is 93.5 Å². The van der Waals surface area contributed by atoms with E-state index in [9.17, 15) is 9.59 Å². The van der Waals surface area contributed by atoms with Crippen LogP contribution in [0.15, 0.2) is 72.5 Å². The minimum Gasteiger partial charge on any atom is -0.494 e. The van der Waals surface area contributed by atoms with E-state index in [4.69, 9.17) is 26.4 Å². The van der Waals surface area contributed by atoms with Crippen LogP contribution in [0, 0.1) is 0 Å². The first kappa shape index (κ1) is 32.4. The van der Waals surface area contributed by atoms with E-state index < -0.39 is 5.97 Å². The van der Waals surface area contributed by atoms with Crippen LogP contribution >= 0.6 is 11.6 Å². The number of likely N-dealkylation sites (N-methyl/N-ethyl adjacent to an activating group) is 1. The number of benzene rings is 2. The molecule has 1 heterocycles. The number of amides is 1. The Morgan fingerprint density at radius 1 is 1.02 bits per heavy atom. The minimum atomic E-state index is -0.818. The van der Waals surface area contributed by atoms with E-state index in [2.05, 4.69) is 30.4 Å². The number of hydrogen-bond acceptors (Lipinski definition) is 4. The Morgan fingerprint density at radius 3 is 2.33 bits per heavy atom. The van der Waals surface area contributed by atoms with Gasteiger partial charge in [-0.2, -0.15) is 0 Å². The summed E-state index contributed by atoms with van der Waals surface area (Å²) in [6.45, 7) is 7.15. The van der Waals surface area contributed by atoms with E-state index >= 15 is 0 Å². The highest BCUT2D eigenvalue weighted by molar-refractivity contribution is 6.18. The van der Waals surface area contributed by atoms with Gasteiger partial charge in [-0.05, 0) is 80.5 Å². The molecule has 0 atom stereocenters. The van der Waals surface area contributed by atoms with E-state index in [1.54, 1.807) is 0 Å². The van der Waals surface area contributed by atoms with Crippen LogP contribution in [0.25, 0.3) is 28.9 Å². The molecular formula is C34H40ClN3O4. The van der Waals surface area contributed by atoms with Crippen LogP contribution < -0.4 is 10.1 Å². The maximum absolute atomic E-state index is 12.4. The van der Waals surface area contributed by atoms with Crippen molar-refractivity contribution in [2.75, 3.05) is 19.0 Å². The molecule has 7 nitrogen and oxygen atoms in total. The number of carbonyl (C=O) groups is 2. The van der Waals surface area contributed by atoms with Gasteiger partial charge in [0.1, 0.15) is 18.1 Å². The zero-order valence-corrected chi connectivity index (χ0v) is 25.4. The van der Waals surface area contributed by atoms with Crippen LogP contribution in [0.2, 0.25) is 0 Å². The summed E-state index contributed by atoms with van der Waals surface area (Å²) in [6, 6.07) is 16.0. The van der Waals surface area contributed by atoms with Crippen molar-refractivity contribution in [3.8, 4) is 16.9 Å². The zero-order chi connectivity index (χ0) is 30.3. The van der Waals surface area contributed by atoms with Gasteiger partial charge in [-0.15, -0.1) is 11.6 Å². The summed E-state index contributed by atoms with van der Waals surface area (Å²) < 4.78 is 7.52. The average Bonchev–Trinajstić information content (AvgIpc) is 3.37. The van der Waals surface area contributed by atoms with Gasteiger partial charge >= 0.3 is 5.97 Å². The molecule has 8 heteroatoms. The molecule has 2 N–H and O–H groups in total. The summed E-state index contributed by atoms with van der Waals surface area (Å²) >= 11 is 5.85. The van der Waals surface area contributed by atoms with E-state index in [1.807, 2.05) is 79.2 Å². The van der Waals surface area contributed by atoms with Gasteiger partial charge in [-0.1, -0.05) is 60.2 Å².